The van der Waals surface area contributed by atoms with E-state index in [1.807, 2.05) is 24.3 Å². The van der Waals surface area contributed by atoms with Crippen molar-refractivity contribution < 1.29 is 0 Å². The highest BCUT2D eigenvalue weighted by molar-refractivity contribution is 5.85. The fourth-order valence-corrected chi connectivity index (χ4v) is 3.11. The van der Waals surface area contributed by atoms with Crippen molar-refractivity contribution in [3.05, 3.63) is 35.7 Å². The number of benzene rings is 1. The summed E-state index contributed by atoms with van der Waals surface area (Å²) in [6.45, 7) is 9.47. The van der Waals surface area contributed by atoms with Gasteiger partial charge in [-0.05, 0) is 30.9 Å². The van der Waals surface area contributed by atoms with Gasteiger partial charge in [-0.25, -0.2) is 9.97 Å². The van der Waals surface area contributed by atoms with E-state index in [1.54, 1.807) is 0 Å². The molecular formula is C17H25ClN4. The van der Waals surface area contributed by atoms with E-state index in [2.05, 4.69) is 30.7 Å². The average molecular weight is 321 g/mol. The maximum atomic E-state index is 6.22. The number of para-hydroxylation sites is 2. The topological polar surface area (TPSA) is 55.0 Å². The Bertz CT molecular complexity index is 656. The van der Waals surface area contributed by atoms with Crippen LogP contribution in [0.25, 0.3) is 11.0 Å². The van der Waals surface area contributed by atoms with Crippen LogP contribution in [-0.2, 0) is 6.54 Å². The van der Waals surface area contributed by atoms with Crippen LogP contribution in [0.15, 0.2) is 24.3 Å². The second-order valence-electron chi connectivity index (χ2n) is 6.84. The minimum atomic E-state index is 0. The molecule has 1 aliphatic rings. The summed E-state index contributed by atoms with van der Waals surface area (Å²) in [5.74, 6) is 0. The molecule has 1 aromatic heterocycles. The highest BCUT2D eigenvalue weighted by atomic mass is 35.5. The standard InChI is InChI=1S/C17H24N4.ClH/c1-12-15(20-14-7-5-4-6-13(14)19-12)10-21-9-8-16(18)17(2,3)11-21;/h4-7,16H,8-11,18H2,1-3H3;1H. The zero-order valence-corrected chi connectivity index (χ0v) is 14.4. The molecule has 0 bridgehead atoms. The Labute approximate surface area is 138 Å². The number of nitrogens with two attached hydrogens (primary N) is 1. The minimum Gasteiger partial charge on any atom is -0.327 e. The number of hydrogen-bond acceptors (Lipinski definition) is 4. The van der Waals surface area contributed by atoms with Crippen LogP contribution in [0.2, 0.25) is 0 Å². The van der Waals surface area contributed by atoms with Gasteiger partial charge in [0.2, 0.25) is 0 Å². The number of likely N-dealkylation sites (tertiary alicyclic amines) is 1. The number of piperidine rings is 1. The average Bonchev–Trinajstić information content (AvgIpc) is 2.43. The number of nitrogens with zero attached hydrogens (tertiary/aromatic N) is 3. The van der Waals surface area contributed by atoms with Crippen LogP contribution in [0.3, 0.4) is 0 Å². The largest absolute Gasteiger partial charge is 0.327 e. The normalized spacial score (nSPS) is 21.5. The minimum absolute atomic E-state index is 0. The Balaban J connectivity index is 0.00000176. The van der Waals surface area contributed by atoms with E-state index in [0.717, 1.165) is 48.5 Å². The Kier molecular flexibility index (Phi) is 5.05. The van der Waals surface area contributed by atoms with E-state index in [0.29, 0.717) is 0 Å². The van der Waals surface area contributed by atoms with Gasteiger partial charge in [0.25, 0.3) is 0 Å². The van der Waals surface area contributed by atoms with Gasteiger partial charge in [0, 0.05) is 25.7 Å². The molecule has 0 radical (unpaired) electrons. The Morgan fingerprint density at radius 2 is 1.86 bits per heavy atom. The second kappa shape index (κ2) is 6.49. The fraction of sp³-hybridized carbons (Fsp3) is 0.529. The lowest BCUT2D eigenvalue weighted by molar-refractivity contribution is 0.0887. The summed E-state index contributed by atoms with van der Waals surface area (Å²) >= 11 is 0. The van der Waals surface area contributed by atoms with Crippen LogP contribution in [0.1, 0.15) is 31.7 Å². The highest BCUT2D eigenvalue weighted by Gasteiger charge is 2.33. The van der Waals surface area contributed by atoms with Crippen molar-refractivity contribution in [2.24, 2.45) is 11.1 Å². The SMILES string of the molecule is Cc1nc2ccccc2nc1CN1CCC(N)C(C)(C)C1.Cl. The molecule has 120 valence electrons. The van der Waals surface area contributed by atoms with Crippen molar-refractivity contribution >= 4 is 23.4 Å². The number of aromatic nitrogens is 2. The molecule has 2 N–H and O–H groups in total. The van der Waals surface area contributed by atoms with Crippen LogP contribution in [0, 0.1) is 12.3 Å². The second-order valence-corrected chi connectivity index (χ2v) is 6.84. The molecule has 1 fully saturated rings. The van der Waals surface area contributed by atoms with Gasteiger partial charge < -0.3 is 5.73 Å². The Morgan fingerprint density at radius 3 is 2.50 bits per heavy atom. The number of halogens is 1. The van der Waals surface area contributed by atoms with Crippen LogP contribution in [0.5, 0.6) is 0 Å². The van der Waals surface area contributed by atoms with Crippen LogP contribution >= 0.6 is 12.4 Å². The van der Waals surface area contributed by atoms with Crippen LogP contribution in [-0.4, -0.2) is 34.0 Å². The third kappa shape index (κ3) is 3.40. The first-order valence-electron chi connectivity index (χ1n) is 7.66. The zero-order valence-electron chi connectivity index (χ0n) is 13.5. The Morgan fingerprint density at radius 1 is 1.23 bits per heavy atom. The molecule has 1 unspecified atom stereocenters. The first-order valence-corrected chi connectivity index (χ1v) is 7.66. The van der Waals surface area contributed by atoms with E-state index in [1.165, 1.54) is 0 Å². The summed E-state index contributed by atoms with van der Waals surface area (Å²) in [7, 11) is 0. The van der Waals surface area contributed by atoms with Crippen molar-refractivity contribution in [1.29, 1.82) is 0 Å². The van der Waals surface area contributed by atoms with Gasteiger partial charge in [-0.1, -0.05) is 26.0 Å². The molecule has 0 saturated carbocycles. The summed E-state index contributed by atoms with van der Waals surface area (Å²) in [6.07, 6.45) is 1.05. The van der Waals surface area contributed by atoms with Crippen molar-refractivity contribution in [3.8, 4) is 0 Å². The molecule has 0 amide bonds. The number of rotatable bonds is 2. The molecule has 1 aromatic carbocycles. The fourth-order valence-electron chi connectivity index (χ4n) is 3.11. The van der Waals surface area contributed by atoms with E-state index in [4.69, 9.17) is 10.7 Å². The van der Waals surface area contributed by atoms with E-state index in [9.17, 15) is 0 Å². The van der Waals surface area contributed by atoms with Gasteiger partial charge in [-0.15, -0.1) is 12.4 Å². The van der Waals surface area contributed by atoms with Crippen molar-refractivity contribution in [1.82, 2.24) is 14.9 Å². The lowest BCUT2D eigenvalue weighted by atomic mass is 9.79. The third-order valence-corrected chi connectivity index (χ3v) is 4.61. The van der Waals surface area contributed by atoms with E-state index in [-0.39, 0.29) is 23.9 Å². The molecule has 22 heavy (non-hydrogen) atoms. The van der Waals surface area contributed by atoms with Gasteiger partial charge in [0.1, 0.15) is 0 Å². The summed E-state index contributed by atoms with van der Waals surface area (Å²) in [5.41, 5.74) is 10.4. The van der Waals surface area contributed by atoms with Crippen molar-refractivity contribution in [2.45, 2.75) is 39.8 Å². The molecule has 0 aliphatic carbocycles. The molecule has 1 aliphatic heterocycles. The van der Waals surface area contributed by atoms with E-state index >= 15 is 0 Å². The summed E-state index contributed by atoms with van der Waals surface area (Å²) in [6, 6.07) is 8.35. The predicted molar refractivity (Wildman–Crippen MR) is 93.2 cm³/mol. The smallest absolute Gasteiger partial charge is 0.0890 e. The van der Waals surface area contributed by atoms with E-state index < -0.39 is 0 Å². The molecule has 1 atom stereocenters. The molecule has 2 aromatic rings. The Hall–Kier alpha value is -1.23. The first kappa shape index (κ1) is 17.1. The molecule has 0 spiro atoms. The molecule has 1 saturated heterocycles. The summed E-state index contributed by atoms with van der Waals surface area (Å²) in [4.78, 5) is 11.9. The quantitative estimate of drug-likeness (QED) is 0.924. The number of hydrogen-bond donors (Lipinski definition) is 1. The number of aryl methyl sites for hydroxylation is 1. The monoisotopic (exact) mass is 320 g/mol. The van der Waals surface area contributed by atoms with Crippen LogP contribution in [0.4, 0.5) is 0 Å². The van der Waals surface area contributed by atoms with Crippen LogP contribution < -0.4 is 5.73 Å². The lowest BCUT2D eigenvalue weighted by Crippen LogP contribution is -2.52. The van der Waals surface area contributed by atoms with Gasteiger partial charge in [-0.2, -0.15) is 0 Å². The molecule has 5 heteroatoms. The summed E-state index contributed by atoms with van der Waals surface area (Å²) in [5, 5.41) is 0. The van der Waals surface area contributed by atoms with Gasteiger partial charge in [0.05, 0.1) is 22.4 Å². The highest BCUT2D eigenvalue weighted by Crippen LogP contribution is 2.28. The van der Waals surface area contributed by atoms with Gasteiger partial charge >= 0.3 is 0 Å². The first-order chi connectivity index (χ1) is 9.95. The third-order valence-electron chi connectivity index (χ3n) is 4.61. The maximum Gasteiger partial charge on any atom is 0.0890 e. The maximum absolute atomic E-state index is 6.22. The van der Waals surface area contributed by atoms with Crippen molar-refractivity contribution in [2.75, 3.05) is 13.1 Å². The number of fused-ring (bicyclic) bond motifs is 1. The van der Waals surface area contributed by atoms with Gasteiger partial charge in [-0.3, -0.25) is 4.90 Å². The molecular weight excluding hydrogens is 296 g/mol. The predicted octanol–water partition coefficient (Wildman–Crippen LogP) is 2.92. The lowest BCUT2D eigenvalue weighted by Gasteiger charge is -2.42. The van der Waals surface area contributed by atoms with Gasteiger partial charge in [0.15, 0.2) is 0 Å². The zero-order chi connectivity index (χ0) is 15.0. The molecule has 4 nitrogen and oxygen atoms in total. The summed E-state index contributed by atoms with van der Waals surface area (Å²) < 4.78 is 0. The van der Waals surface area contributed by atoms with Crippen molar-refractivity contribution in [3.63, 3.8) is 0 Å². The molecule has 3 rings (SSSR count). The molecule has 2 heterocycles.